The first-order valence-electron chi connectivity index (χ1n) is 6.06. The van der Waals surface area contributed by atoms with Gasteiger partial charge in [-0.3, -0.25) is 4.68 Å². The van der Waals surface area contributed by atoms with E-state index in [2.05, 4.69) is 24.3 Å². The minimum absolute atomic E-state index is 0.269. The molecule has 0 aliphatic rings. The molecule has 1 unspecified atom stereocenters. The number of methoxy groups -OCH3 is 1. The molecule has 0 saturated heterocycles. The van der Waals surface area contributed by atoms with E-state index in [1.165, 1.54) is 7.11 Å². The van der Waals surface area contributed by atoms with Crippen LogP contribution < -0.4 is 5.32 Å². The number of hydrogen-bond donors (Lipinski definition) is 1. The Morgan fingerprint density at radius 2 is 2.29 bits per heavy atom. The van der Waals surface area contributed by atoms with Crippen LogP contribution in [0.25, 0.3) is 0 Å². The minimum Gasteiger partial charge on any atom is -0.468 e. The number of nitrogens with zero attached hydrogens (tertiary/aromatic N) is 2. The van der Waals surface area contributed by atoms with E-state index >= 15 is 0 Å². The van der Waals surface area contributed by atoms with E-state index in [9.17, 15) is 4.79 Å². The number of aryl methyl sites for hydroxylation is 1. The summed E-state index contributed by atoms with van der Waals surface area (Å²) < 4.78 is 6.64. The predicted octanol–water partition coefficient (Wildman–Crippen LogP) is 1.51. The van der Waals surface area contributed by atoms with Crippen molar-refractivity contribution < 1.29 is 9.53 Å². The molecule has 1 atom stereocenters. The quantitative estimate of drug-likeness (QED) is 0.733. The lowest BCUT2D eigenvalue weighted by Gasteiger charge is -2.14. The van der Waals surface area contributed by atoms with Gasteiger partial charge in [0.1, 0.15) is 6.04 Å². The number of aromatic nitrogens is 2. The maximum Gasteiger partial charge on any atom is 0.327 e. The van der Waals surface area contributed by atoms with Crippen LogP contribution in [0.5, 0.6) is 0 Å². The van der Waals surface area contributed by atoms with Crippen LogP contribution >= 0.6 is 0 Å². The molecule has 0 aliphatic carbocycles. The fraction of sp³-hybridized carbons (Fsp3) is 0.667. The number of carbonyl (C=O) groups excluding carboxylic acids is 1. The van der Waals surface area contributed by atoms with Crippen molar-refractivity contribution in [3.8, 4) is 0 Å². The molecular weight excluding hydrogens is 218 g/mol. The van der Waals surface area contributed by atoms with Gasteiger partial charge in [0.05, 0.1) is 13.3 Å². The van der Waals surface area contributed by atoms with Gasteiger partial charge in [-0.15, -0.1) is 0 Å². The molecule has 1 N–H and O–H groups in total. The molecule has 0 aromatic carbocycles. The van der Waals surface area contributed by atoms with E-state index < -0.39 is 6.04 Å². The molecule has 0 saturated carbocycles. The molecule has 0 amide bonds. The Kier molecular flexibility index (Phi) is 5.69. The third kappa shape index (κ3) is 3.85. The first-order chi connectivity index (χ1) is 8.22. The summed E-state index contributed by atoms with van der Waals surface area (Å²) in [4.78, 5) is 11.7. The normalized spacial score (nSPS) is 12.4. The zero-order valence-electron chi connectivity index (χ0n) is 10.8. The zero-order chi connectivity index (χ0) is 12.7. The van der Waals surface area contributed by atoms with Crippen molar-refractivity contribution in [2.45, 2.75) is 39.3 Å². The van der Waals surface area contributed by atoms with Crippen molar-refractivity contribution in [3.05, 3.63) is 18.0 Å². The van der Waals surface area contributed by atoms with Crippen LogP contribution in [0.4, 0.5) is 0 Å². The molecule has 5 heteroatoms. The van der Waals surface area contributed by atoms with Gasteiger partial charge in [-0.1, -0.05) is 13.8 Å². The molecule has 17 heavy (non-hydrogen) atoms. The van der Waals surface area contributed by atoms with Crippen molar-refractivity contribution in [2.75, 3.05) is 13.7 Å². The molecule has 1 rings (SSSR count). The maximum absolute atomic E-state index is 11.7. The van der Waals surface area contributed by atoms with Crippen LogP contribution in [0.3, 0.4) is 0 Å². The smallest absolute Gasteiger partial charge is 0.327 e. The average Bonchev–Trinajstić information content (AvgIpc) is 2.78. The summed E-state index contributed by atoms with van der Waals surface area (Å²) >= 11 is 0. The molecule has 1 heterocycles. The van der Waals surface area contributed by atoms with Gasteiger partial charge in [0.25, 0.3) is 0 Å². The van der Waals surface area contributed by atoms with Crippen LogP contribution in [0.15, 0.2) is 12.4 Å². The second kappa shape index (κ2) is 7.06. The summed E-state index contributed by atoms with van der Waals surface area (Å²) in [6.07, 6.45) is 5.61. The van der Waals surface area contributed by atoms with E-state index in [1.54, 1.807) is 6.20 Å². The molecule has 96 valence electrons. The molecular formula is C12H21N3O2. The fourth-order valence-corrected chi connectivity index (χ4v) is 1.62. The third-order valence-corrected chi connectivity index (χ3v) is 2.47. The Morgan fingerprint density at radius 3 is 2.88 bits per heavy atom. The third-order valence-electron chi connectivity index (χ3n) is 2.47. The van der Waals surface area contributed by atoms with Gasteiger partial charge in [0, 0.05) is 18.3 Å². The zero-order valence-corrected chi connectivity index (χ0v) is 10.8. The first kappa shape index (κ1) is 13.7. The highest BCUT2D eigenvalue weighted by molar-refractivity contribution is 5.77. The Morgan fingerprint density at radius 1 is 1.53 bits per heavy atom. The Balaban J connectivity index is 2.76. The number of ether oxygens (including phenoxy) is 1. The van der Waals surface area contributed by atoms with Gasteiger partial charge < -0.3 is 10.1 Å². The minimum atomic E-state index is -0.412. The standard InChI is InChI=1S/C12H21N3O2/c1-4-6-13-11(12(16)17-3)10-8-14-15(9-10)7-5-2/h8-9,11,13H,4-7H2,1-3H3. The van der Waals surface area contributed by atoms with Crippen molar-refractivity contribution in [1.82, 2.24) is 15.1 Å². The number of rotatable bonds is 7. The number of carbonyl (C=O) groups is 1. The summed E-state index contributed by atoms with van der Waals surface area (Å²) in [6, 6.07) is -0.412. The Bertz CT molecular complexity index is 349. The van der Waals surface area contributed by atoms with Crippen LogP contribution in [0.1, 0.15) is 38.3 Å². The van der Waals surface area contributed by atoms with E-state index in [-0.39, 0.29) is 5.97 Å². The summed E-state index contributed by atoms with van der Waals surface area (Å²) in [6.45, 7) is 5.79. The maximum atomic E-state index is 11.7. The predicted molar refractivity (Wildman–Crippen MR) is 65.6 cm³/mol. The lowest BCUT2D eigenvalue weighted by Crippen LogP contribution is -2.29. The molecule has 0 spiro atoms. The van der Waals surface area contributed by atoms with Gasteiger partial charge in [0.2, 0.25) is 0 Å². The van der Waals surface area contributed by atoms with E-state index in [1.807, 2.05) is 10.9 Å². The Labute approximate surface area is 102 Å². The number of hydrogen-bond acceptors (Lipinski definition) is 4. The Hall–Kier alpha value is -1.36. The summed E-state index contributed by atoms with van der Waals surface area (Å²) in [5.41, 5.74) is 0.860. The topological polar surface area (TPSA) is 56.1 Å². The van der Waals surface area contributed by atoms with Crippen LogP contribution in [0.2, 0.25) is 0 Å². The number of nitrogens with one attached hydrogen (secondary N) is 1. The number of esters is 1. The lowest BCUT2D eigenvalue weighted by atomic mass is 10.1. The monoisotopic (exact) mass is 239 g/mol. The highest BCUT2D eigenvalue weighted by Crippen LogP contribution is 2.13. The van der Waals surface area contributed by atoms with Crippen molar-refractivity contribution in [2.24, 2.45) is 0 Å². The van der Waals surface area contributed by atoms with Crippen molar-refractivity contribution in [3.63, 3.8) is 0 Å². The highest BCUT2D eigenvalue weighted by atomic mass is 16.5. The SMILES string of the molecule is CCCNC(C(=O)OC)c1cnn(CCC)c1. The van der Waals surface area contributed by atoms with Gasteiger partial charge in [0.15, 0.2) is 0 Å². The molecule has 0 bridgehead atoms. The molecule has 0 fully saturated rings. The van der Waals surface area contributed by atoms with Gasteiger partial charge in [-0.05, 0) is 19.4 Å². The summed E-state index contributed by atoms with van der Waals surface area (Å²) in [7, 11) is 1.40. The second-order valence-electron chi connectivity index (χ2n) is 3.95. The summed E-state index contributed by atoms with van der Waals surface area (Å²) in [5, 5.41) is 7.38. The largest absolute Gasteiger partial charge is 0.468 e. The highest BCUT2D eigenvalue weighted by Gasteiger charge is 2.21. The lowest BCUT2D eigenvalue weighted by molar-refractivity contribution is -0.143. The average molecular weight is 239 g/mol. The van der Waals surface area contributed by atoms with E-state index in [4.69, 9.17) is 4.74 Å². The molecule has 5 nitrogen and oxygen atoms in total. The second-order valence-corrected chi connectivity index (χ2v) is 3.95. The molecule has 0 aliphatic heterocycles. The van der Waals surface area contributed by atoms with Crippen molar-refractivity contribution in [1.29, 1.82) is 0 Å². The van der Waals surface area contributed by atoms with Gasteiger partial charge >= 0.3 is 5.97 Å². The van der Waals surface area contributed by atoms with E-state index in [0.717, 1.165) is 31.5 Å². The molecule has 1 aromatic rings. The van der Waals surface area contributed by atoms with E-state index in [0.29, 0.717) is 0 Å². The van der Waals surface area contributed by atoms with Crippen LogP contribution in [0, 0.1) is 0 Å². The fourth-order valence-electron chi connectivity index (χ4n) is 1.62. The first-order valence-corrected chi connectivity index (χ1v) is 6.06. The molecule has 0 radical (unpaired) electrons. The van der Waals surface area contributed by atoms with Crippen LogP contribution in [-0.2, 0) is 16.1 Å². The summed E-state index contributed by atoms with van der Waals surface area (Å²) in [5.74, 6) is -0.269. The van der Waals surface area contributed by atoms with Crippen molar-refractivity contribution >= 4 is 5.97 Å². The molecule has 1 aromatic heterocycles. The van der Waals surface area contributed by atoms with Gasteiger partial charge in [-0.2, -0.15) is 5.10 Å². The van der Waals surface area contributed by atoms with Crippen LogP contribution in [-0.4, -0.2) is 29.4 Å². The van der Waals surface area contributed by atoms with Gasteiger partial charge in [-0.25, -0.2) is 4.79 Å².